The van der Waals surface area contributed by atoms with E-state index in [1.807, 2.05) is 19.1 Å². The highest BCUT2D eigenvalue weighted by molar-refractivity contribution is 5.80. The SMILES string of the molecule is CCCOc1cc2c(cc1CC(NC(=O)OC(C)(C)C)C(=O)O)CCC2. The average molecular weight is 363 g/mol. The van der Waals surface area contributed by atoms with Crippen molar-refractivity contribution in [3.05, 3.63) is 28.8 Å². The summed E-state index contributed by atoms with van der Waals surface area (Å²) in [6.45, 7) is 7.80. The van der Waals surface area contributed by atoms with Crippen LogP contribution in [0.5, 0.6) is 5.75 Å². The molecule has 0 aliphatic heterocycles. The Morgan fingerprint density at radius 1 is 1.23 bits per heavy atom. The number of fused-ring (bicyclic) bond motifs is 1. The average Bonchev–Trinajstić information content (AvgIpc) is 2.97. The first kappa shape index (κ1) is 20.1. The summed E-state index contributed by atoms with van der Waals surface area (Å²) in [6.07, 6.45) is 3.41. The summed E-state index contributed by atoms with van der Waals surface area (Å²) < 4.78 is 11.0. The summed E-state index contributed by atoms with van der Waals surface area (Å²) in [6, 6.07) is 2.98. The number of rotatable bonds is 7. The van der Waals surface area contributed by atoms with E-state index in [1.165, 1.54) is 11.1 Å². The number of hydrogen-bond acceptors (Lipinski definition) is 4. The van der Waals surface area contributed by atoms with Crippen molar-refractivity contribution < 1.29 is 24.2 Å². The van der Waals surface area contributed by atoms with E-state index in [2.05, 4.69) is 5.32 Å². The van der Waals surface area contributed by atoms with Crippen LogP contribution in [0, 0.1) is 0 Å². The van der Waals surface area contributed by atoms with Crippen molar-refractivity contribution in [1.82, 2.24) is 5.32 Å². The van der Waals surface area contributed by atoms with Gasteiger partial charge >= 0.3 is 12.1 Å². The van der Waals surface area contributed by atoms with Crippen LogP contribution in [-0.4, -0.2) is 35.4 Å². The van der Waals surface area contributed by atoms with Crippen LogP contribution >= 0.6 is 0 Å². The Hall–Kier alpha value is -2.24. The molecule has 1 aromatic rings. The van der Waals surface area contributed by atoms with Gasteiger partial charge in [0.1, 0.15) is 17.4 Å². The smallest absolute Gasteiger partial charge is 0.408 e. The summed E-state index contributed by atoms with van der Waals surface area (Å²) in [7, 11) is 0. The maximum absolute atomic E-state index is 12.0. The molecule has 1 aliphatic carbocycles. The topological polar surface area (TPSA) is 84.9 Å². The predicted molar refractivity (Wildman–Crippen MR) is 98.8 cm³/mol. The highest BCUT2D eigenvalue weighted by atomic mass is 16.6. The maximum Gasteiger partial charge on any atom is 0.408 e. The lowest BCUT2D eigenvalue weighted by atomic mass is 9.99. The third-order valence-corrected chi connectivity index (χ3v) is 4.15. The van der Waals surface area contributed by atoms with Gasteiger partial charge in [-0.15, -0.1) is 0 Å². The van der Waals surface area contributed by atoms with Gasteiger partial charge in [-0.3, -0.25) is 0 Å². The van der Waals surface area contributed by atoms with Crippen molar-refractivity contribution in [2.24, 2.45) is 0 Å². The predicted octanol–water partition coefficient (Wildman–Crippen LogP) is 3.48. The zero-order chi connectivity index (χ0) is 19.3. The molecule has 1 aliphatic rings. The Bertz CT molecular complexity index is 663. The largest absolute Gasteiger partial charge is 0.493 e. The minimum Gasteiger partial charge on any atom is -0.493 e. The van der Waals surface area contributed by atoms with Gasteiger partial charge in [0.15, 0.2) is 0 Å². The molecule has 1 aromatic carbocycles. The van der Waals surface area contributed by atoms with Crippen molar-refractivity contribution in [3.63, 3.8) is 0 Å². The molecule has 6 nitrogen and oxygen atoms in total. The number of nitrogens with one attached hydrogen (secondary N) is 1. The fourth-order valence-corrected chi connectivity index (χ4v) is 3.03. The first-order valence-electron chi connectivity index (χ1n) is 9.19. The van der Waals surface area contributed by atoms with Gasteiger partial charge in [-0.05, 0) is 69.2 Å². The Balaban J connectivity index is 2.19. The van der Waals surface area contributed by atoms with Crippen molar-refractivity contribution >= 4 is 12.1 Å². The molecular formula is C20H29NO5. The van der Waals surface area contributed by atoms with E-state index in [1.54, 1.807) is 20.8 Å². The number of carboxylic acids is 1. The van der Waals surface area contributed by atoms with Gasteiger partial charge in [-0.1, -0.05) is 13.0 Å². The number of ether oxygens (including phenoxy) is 2. The van der Waals surface area contributed by atoms with Crippen LogP contribution in [0.25, 0.3) is 0 Å². The van der Waals surface area contributed by atoms with Crippen LogP contribution in [0.2, 0.25) is 0 Å². The lowest BCUT2D eigenvalue weighted by molar-refractivity contribution is -0.139. The van der Waals surface area contributed by atoms with Gasteiger partial charge in [0.05, 0.1) is 6.61 Å². The van der Waals surface area contributed by atoms with Crippen LogP contribution in [0.15, 0.2) is 12.1 Å². The van der Waals surface area contributed by atoms with E-state index in [9.17, 15) is 14.7 Å². The molecule has 0 bridgehead atoms. The number of alkyl carbamates (subject to hydrolysis) is 1. The molecule has 0 saturated carbocycles. The molecule has 0 saturated heterocycles. The second-order valence-electron chi connectivity index (χ2n) is 7.67. The second kappa shape index (κ2) is 8.43. The van der Waals surface area contributed by atoms with Gasteiger partial charge in [0.25, 0.3) is 0 Å². The number of hydrogen-bond donors (Lipinski definition) is 2. The van der Waals surface area contributed by atoms with Crippen LogP contribution in [0.1, 0.15) is 57.2 Å². The van der Waals surface area contributed by atoms with E-state index >= 15 is 0 Å². The highest BCUT2D eigenvalue weighted by Crippen LogP contribution is 2.31. The number of aryl methyl sites for hydroxylation is 2. The lowest BCUT2D eigenvalue weighted by Gasteiger charge is -2.22. The molecule has 2 rings (SSSR count). The first-order chi connectivity index (χ1) is 12.2. The van der Waals surface area contributed by atoms with Crippen molar-refractivity contribution in [1.29, 1.82) is 0 Å². The van der Waals surface area contributed by atoms with Gasteiger partial charge in [0.2, 0.25) is 0 Å². The van der Waals surface area contributed by atoms with Crippen molar-refractivity contribution in [2.45, 2.75) is 71.4 Å². The summed E-state index contributed by atoms with van der Waals surface area (Å²) in [5, 5.41) is 12.0. The summed E-state index contributed by atoms with van der Waals surface area (Å²) in [5.74, 6) is -0.387. The zero-order valence-electron chi connectivity index (χ0n) is 16.1. The van der Waals surface area contributed by atoms with Crippen LogP contribution in [-0.2, 0) is 28.8 Å². The van der Waals surface area contributed by atoms with Crippen molar-refractivity contribution in [2.75, 3.05) is 6.61 Å². The quantitative estimate of drug-likeness (QED) is 0.775. The molecule has 0 aromatic heterocycles. The Morgan fingerprint density at radius 3 is 2.46 bits per heavy atom. The maximum atomic E-state index is 12.0. The van der Waals surface area contributed by atoms with Crippen LogP contribution < -0.4 is 10.1 Å². The van der Waals surface area contributed by atoms with E-state index in [4.69, 9.17) is 9.47 Å². The minimum atomic E-state index is -1.10. The Kier molecular flexibility index (Phi) is 6.51. The Morgan fingerprint density at radius 2 is 1.88 bits per heavy atom. The molecule has 0 heterocycles. The molecule has 26 heavy (non-hydrogen) atoms. The molecule has 0 fully saturated rings. The van der Waals surface area contributed by atoms with Gasteiger partial charge in [-0.25, -0.2) is 9.59 Å². The van der Waals surface area contributed by atoms with E-state index in [0.29, 0.717) is 12.4 Å². The summed E-state index contributed by atoms with van der Waals surface area (Å²) >= 11 is 0. The van der Waals surface area contributed by atoms with Gasteiger partial charge < -0.3 is 19.9 Å². The fourth-order valence-electron chi connectivity index (χ4n) is 3.03. The van der Waals surface area contributed by atoms with Crippen LogP contribution in [0.4, 0.5) is 4.79 Å². The third-order valence-electron chi connectivity index (χ3n) is 4.15. The third kappa shape index (κ3) is 5.64. The number of amides is 1. The van der Waals surface area contributed by atoms with E-state index < -0.39 is 23.7 Å². The minimum absolute atomic E-state index is 0.154. The fraction of sp³-hybridized carbons (Fsp3) is 0.600. The molecule has 6 heteroatoms. The van der Waals surface area contributed by atoms with Crippen molar-refractivity contribution in [3.8, 4) is 5.75 Å². The molecule has 1 unspecified atom stereocenters. The van der Waals surface area contributed by atoms with E-state index in [0.717, 1.165) is 31.2 Å². The van der Waals surface area contributed by atoms with Gasteiger partial charge in [-0.2, -0.15) is 0 Å². The monoisotopic (exact) mass is 363 g/mol. The normalized spacial score (nSPS) is 14.5. The molecule has 144 valence electrons. The zero-order valence-corrected chi connectivity index (χ0v) is 16.1. The number of carbonyl (C=O) groups is 2. The summed E-state index contributed by atoms with van der Waals surface area (Å²) in [4.78, 5) is 23.6. The molecule has 0 spiro atoms. The molecule has 2 N–H and O–H groups in total. The standard InChI is InChI=1S/C20H29NO5/c1-5-9-25-17-12-14-8-6-7-13(14)10-15(17)11-16(18(22)23)21-19(24)26-20(2,3)4/h10,12,16H,5-9,11H2,1-4H3,(H,21,24)(H,22,23). The summed E-state index contributed by atoms with van der Waals surface area (Å²) in [5.41, 5.74) is 2.63. The molecular weight excluding hydrogens is 334 g/mol. The second-order valence-corrected chi connectivity index (χ2v) is 7.67. The first-order valence-corrected chi connectivity index (χ1v) is 9.19. The van der Waals surface area contributed by atoms with Crippen LogP contribution in [0.3, 0.4) is 0 Å². The molecule has 1 amide bonds. The molecule has 0 radical (unpaired) electrons. The number of benzene rings is 1. The molecule has 1 atom stereocenters. The van der Waals surface area contributed by atoms with E-state index in [-0.39, 0.29) is 6.42 Å². The van der Waals surface area contributed by atoms with Gasteiger partial charge in [0, 0.05) is 6.42 Å². The number of carbonyl (C=O) groups excluding carboxylic acids is 1. The Labute approximate surface area is 154 Å². The highest BCUT2D eigenvalue weighted by Gasteiger charge is 2.26. The lowest BCUT2D eigenvalue weighted by Crippen LogP contribution is -2.44. The number of aliphatic carboxylic acids is 1. The number of carboxylic acid groups (broad SMARTS) is 1.